The van der Waals surface area contributed by atoms with E-state index in [1.165, 1.54) is 12.8 Å². The Morgan fingerprint density at radius 3 is 2.75 bits per heavy atom. The van der Waals surface area contributed by atoms with Gasteiger partial charge in [0.15, 0.2) is 0 Å². The van der Waals surface area contributed by atoms with E-state index in [9.17, 15) is 4.79 Å². The monoisotopic (exact) mass is 281 g/mol. The first-order valence-corrected chi connectivity index (χ1v) is 8.33. The van der Waals surface area contributed by atoms with E-state index in [4.69, 9.17) is 5.73 Å². The molecule has 1 saturated heterocycles. The maximum absolute atomic E-state index is 12.3. The summed E-state index contributed by atoms with van der Waals surface area (Å²) in [7, 11) is 0. The second-order valence-corrected chi connectivity index (χ2v) is 6.85. The van der Waals surface area contributed by atoms with Crippen LogP contribution in [0.3, 0.4) is 0 Å². The molecule has 1 amide bonds. The quantitative estimate of drug-likeness (QED) is 0.807. The highest BCUT2D eigenvalue weighted by atomic mass is 16.2. The van der Waals surface area contributed by atoms with E-state index in [1.54, 1.807) is 0 Å². The van der Waals surface area contributed by atoms with E-state index >= 15 is 0 Å². The normalized spacial score (nSPS) is 33.5. The summed E-state index contributed by atoms with van der Waals surface area (Å²) >= 11 is 0. The SMILES string of the molecule is CCCC(C)NC(=O)C(C)N1CC2CCCC(N)C2C1. The van der Waals surface area contributed by atoms with Gasteiger partial charge in [-0.1, -0.05) is 19.8 Å². The standard InChI is InChI=1S/C16H31N3O/c1-4-6-11(2)18-16(20)12(3)19-9-13-7-5-8-15(17)14(13)10-19/h11-15H,4-10,17H2,1-3H3,(H,18,20). The molecule has 116 valence electrons. The highest BCUT2D eigenvalue weighted by molar-refractivity contribution is 5.81. The van der Waals surface area contributed by atoms with Gasteiger partial charge in [0, 0.05) is 25.2 Å². The third-order valence-electron chi connectivity index (χ3n) is 5.22. The van der Waals surface area contributed by atoms with Crippen LogP contribution in [0.1, 0.15) is 52.9 Å². The third-order valence-corrected chi connectivity index (χ3v) is 5.22. The zero-order valence-electron chi connectivity index (χ0n) is 13.3. The molecule has 4 heteroatoms. The lowest BCUT2D eigenvalue weighted by Crippen LogP contribution is -2.47. The number of nitrogens with two attached hydrogens (primary N) is 1. The summed E-state index contributed by atoms with van der Waals surface area (Å²) in [6.07, 6.45) is 5.86. The maximum atomic E-state index is 12.3. The van der Waals surface area contributed by atoms with E-state index in [0.29, 0.717) is 17.9 Å². The molecule has 4 nitrogen and oxygen atoms in total. The van der Waals surface area contributed by atoms with Gasteiger partial charge in [-0.25, -0.2) is 0 Å². The number of fused-ring (bicyclic) bond motifs is 1. The van der Waals surface area contributed by atoms with Crippen molar-refractivity contribution >= 4 is 5.91 Å². The van der Waals surface area contributed by atoms with Crippen molar-refractivity contribution in [2.45, 2.75) is 71.0 Å². The van der Waals surface area contributed by atoms with Gasteiger partial charge < -0.3 is 11.1 Å². The second-order valence-electron chi connectivity index (χ2n) is 6.85. The average molecular weight is 281 g/mol. The molecule has 1 heterocycles. The molecule has 5 atom stereocenters. The molecule has 2 rings (SSSR count). The van der Waals surface area contributed by atoms with Gasteiger partial charge in [-0.2, -0.15) is 0 Å². The fourth-order valence-electron chi connectivity index (χ4n) is 3.90. The van der Waals surface area contributed by atoms with E-state index in [-0.39, 0.29) is 18.0 Å². The van der Waals surface area contributed by atoms with Crippen LogP contribution in [0.5, 0.6) is 0 Å². The molecule has 0 bridgehead atoms. The van der Waals surface area contributed by atoms with Crippen LogP contribution in [-0.4, -0.2) is 42.0 Å². The lowest BCUT2D eigenvalue weighted by atomic mass is 9.78. The molecule has 0 aromatic heterocycles. The molecule has 1 aliphatic carbocycles. The van der Waals surface area contributed by atoms with Gasteiger partial charge in [-0.15, -0.1) is 0 Å². The van der Waals surface area contributed by atoms with Crippen molar-refractivity contribution in [1.82, 2.24) is 10.2 Å². The zero-order chi connectivity index (χ0) is 14.7. The molecule has 1 aliphatic heterocycles. The predicted molar refractivity (Wildman–Crippen MR) is 82.4 cm³/mol. The molecule has 2 aliphatic rings. The number of nitrogens with one attached hydrogen (secondary N) is 1. The van der Waals surface area contributed by atoms with Crippen molar-refractivity contribution in [2.24, 2.45) is 17.6 Å². The number of likely N-dealkylation sites (tertiary alicyclic amines) is 1. The first-order chi connectivity index (χ1) is 9.52. The summed E-state index contributed by atoms with van der Waals surface area (Å²) in [6, 6.07) is 0.599. The first-order valence-electron chi connectivity index (χ1n) is 8.33. The molecule has 20 heavy (non-hydrogen) atoms. The number of carbonyl (C=O) groups excluding carboxylic acids is 1. The molecular formula is C16H31N3O. The third kappa shape index (κ3) is 3.53. The van der Waals surface area contributed by atoms with E-state index in [1.807, 2.05) is 6.92 Å². The summed E-state index contributed by atoms with van der Waals surface area (Å²) in [5.74, 6) is 1.49. The highest BCUT2D eigenvalue weighted by Gasteiger charge is 2.41. The van der Waals surface area contributed by atoms with Crippen molar-refractivity contribution < 1.29 is 4.79 Å². The number of carbonyl (C=O) groups is 1. The predicted octanol–water partition coefficient (Wildman–Crippen LogP) is 1.74. The fourth-order valence-corrected chi connectivity index (χ4v) is 3.90. The maximum Gasteiger partial charge on any atom is 0.237 e. The molecule has 3 N–H and O–H groups in total. The Labute approximate surface area is 123 Å². The lowest BCUT2D eigenvalue weighted by molar-refractivity contribution is -0.126. The largest absolute Gasteiger partial charge is 0.352 e. The number of hydrogen-bond donors (Lipinski definition) is 2. The summed E-state index contributed by atoms with van der Waals surface area (Å²) in [6.45, 7) is 8.33. The highest BCUT2D eigenvalue weighted by Crippen LogP contribution is 2.36. The number of nitrogens with zero attached hydrogens (tertiary/aromatic N) is 1. The van der Waals surface area contributed by atoms with Crippen LogP contribution in [0.4, 0.5) is 0 Å². The van der Waals surface area contributed by atoms with Crippen molar-refractivity contribution in [1.29, 1.82) is 0 Å². The minimum absolute atomic E-state index is 0.0212. The van der Waals surface area contributed by atoms with Crippen LogP contribution in [0.2, 0.25) is 0 Å². The van der Waals surface area contributed by atoms with Crippen LogP contribution in [0.25, 0.3) is 0 Å². The Morgan fingerprint density at radius 1 is 1.35 bits per heavy atom. The molecule has 0 aromatic rings. The minimum atomic E-state index is -0.0212. The zero-order valence-corrected chi connectivity index (χ0v) is 13.3. The average Bonchev–Trinajstić information content (AvgIpc) is 2.83. The van der Waals surface area contributed by atoms with Crippen LogP contribution in [0, 0.1) is 11.8 Å². The Hall–Kier alpha value is -0.610. The lowest BCUT2D eigenvalue weighted by Gasteiger charge is -2.30. The van der Waals surface area contributed by atoms with Crippen molar-refractivity contribution in [3.63, 3.8) is 0 Å². The van der Waals surface area contributed by atoms with Gasteiger partial charge in [-0.05, 0) is 44.9 Å². The summed E-state index contributed by atoms with van der Waals surface area (Å²) in [5, 5.41) is 3.14. The van der Waals surface area contributed by atoms with Gasteiger partial charge in [0.2, 0.25) is 5.91 Å². The van der Waals surface area contributed by atoms with Crippen molar-refractivity contribution in [3.8, 4) is 0 Å². The topological polar surface area (TPSA) is 58.4 Å². The minimum Gasteiger partial charge on any atom is -0.352 e. The number of rotatable bonds is 5. The number of hydrogen-bond acceptors (Lipinski definition) is 3. The van der Waals surface area contributed by atoms with Crippen molar-refractivity contribution in [2.75, 3.05) is 13.1 Å². The molecule has 1 saturated carbocycles. The summed E-state index contributed by atoms with van der Waals surface area (Å²) in [4.78, 5) is 14.7. The van der Waals surface area contributed by atoms with Gasteiger partial charge in [0.1, 0.15) is 0 Å². The fraction of sp³-hybridized carbons (Fsp3) is 0.938. The molecule has 2 fully saturated rings. The molecule has 0 aromatic carbocycles. The van der Waals surface area contributed by atoms with Crippen molar-refractivity contribution in [3.05, 3.63) is 0 Å². The molecule has 0 radical (unpaired) electrons. The molecule has 0 spiro atoms. The molecule has 5 unspecified atom stereocenters. The molecular weight excluding hydrogens is 250 g/mol. The summed E-state index contributed by atoms with van der Waals surface area (Å²) in [5.41, 5.74) is 6.25. The van der Waals surface area contributed by atoms with E-state index in [2.05, 4.69) is 24.1 Å². The van der Waals surface area contributed by atoms with Gasteiger partial charge >= 0.3 is 0 Å². The van der Waals surface area contributed by atoms with Crippen LogP contribution >= 0.6 is 0 Å². The smallest absolute Gasteiger partial charge is 0.237 e. The second kappa shape index (κ2) is 6.90. The Morgan fingerprint density at radius 2 is 2.10 bits per heavy atom. The van der Waals surface area contributed by atoms with E-state index in [0.717, 1.165) is 32.4 Å². The number of amides is 1. The Bertz CT molecular complexity index is 334. The van der Waals surface area contributed by atoms with Gasteiger partial charge in [0.05, 0.1) is 6.04 Å². The van der Waals surface area contributed by atoms with Crippen LogP contribution in [-0.2, 0) is 4.79 Å². The Kier molecular flexibility index (Phi) is 5.44. The van der Waals surface area contributed by atoms with Gasteiger partial charge in [0.25, 0.3) is 0 Å². The van der Waals surface area contributed by atoms with Gasteiger partial charge in [-0.3, -0.25) is 9.69 Å². The Balaban J connectivity index is 1.87. The van der Waals surface area contributed by atoms with Crippen LogP contribution < -0.4 is 11.1 Å². The first kappa shape index (κ1) is 15.8. The van der Waals surface area contributed by atoms with Crippen LogP contribution in [0.15, 0.2) is 0 Å². The summed E-state index contributed by atoms with van der Waals surface area (Å²) < 4.78 is 0. The van der Waals surface area contributed by atoms with E-state index < -0.39 is 0 Å².